The van der Waals surface area contributed by atoms with Gasteiger partial charge >= 0.3 is 0 Å². The molecule has 1 aromatic rings. The molecule has 1 saturated carbocycles. The number of nitrogens with zero attached hydrogens (tertiary/aromatic N) is 1. The van der Waals surface area contributed by atoms with Crippen LogP contribution in [0.5, 0.6) is 0 Å². The minimum Gasteiger partial charge on any atom is -0.468 e. The molecule has 2 fully saturated rings. The molecule has 0 aromatic carbocycles. The van der Waals surface area contributed by atoms with Crippen LogP contribution in [0, 0.1) is 11.3 Å². The Balaban J connectivity index is 1.68. The summed E-state index contributed by atoms with van der Waals surface area (Å²) in [6.07, 6.45) is 3.16. The van der Waals surface area contributed by atoms with Crippen molar-refractivity contribution < 1.29 is 9.15 Å². The van der Waals surface area contributed by atoms with Gasteiger partial charge in [0.15, 0.2) is 0 Å². The molecule has 106 valence electrons. The number of fused-ring (bicyclic) bond motifs is 1. The third-order valence-corrected chi connectivity index (χ3v) is 5.20. The Morgan fingerprint density at radius 1 is 1.47 bits per heavy atom. The molecule has 0 amide bonds. The van der Waals surface area contributed by atoms with Crippen LogP contribution in [0.3, 0.4) is 0 Å². The molecule has 19 heavy (non-hydrogen) atoms. The molecule has 1 aliphatic carbocycles. The van der Waals surface area contributed by atoms with Crippen LogP contribution in [0.1, 0.15) is 26.0 Å². The minimum absolute atomic E-state index is 0.0472. The lowest BCUT2D eigenvalue weighted by Crippen LogP contribution is -2.77. The zero-order valence-corrected chi connectivity index (χ0v) is 12.1. The normalized spacial score (nSPS) is 36.3. The average Bonchev–Trinajstić information content (AvgIpc) is 2.97. The first kappa shape index (κ1) is 13.2. The number of nitrogens with two attached hydrogens (primary N) is 1. The molecule has 2 heterocycles. The highest BCUT2D eigenvalue weighted by Gasteiger charge is 2.67. The first-order valence-corrected chi connectivity index (χ1v) is 7.06. The van der Waals surface area contributed by atoms with E-state index < -0.39 is 0 Å². The van der Waals surface area contributed by atoms with E-state index in [2.05, 4.69) is 25.8 Å². The fourth-order valence-electron chi connectivity index (χ4n) is 3.97. The predicted molar refractivity (Wildman–Crippen MR) is 73.6 cm³/mol. The molecule has 1 aliphatic heterocycles. The summed E-state index contributed by atoms with van der Waals surface area (Å²) >= 11 is 0. The van der Waals surface area contributed by atoms with Gasteiger partial charge in [-0.2, -0.15) is 0 Å². The van der Waals surface area contributed by atoms with Gasteiger partial charge in [0.25, 0.3) is 0 Å². The maximum Gasteiger partial charge on any atom is 0.117 e. The third-order valence-electron chi connectivity index (χ3n) is 5.20. The Morgan fingerprint density at radius 2 is 2.26 bits per heavy atom. The van der Waals surface area contributed by atoms with Crippen LogP contribution in [0.2, 0.25) is 0 Å². The van der Waals surface area contributed by atoms with Crippen molar-refractivity contribution in [1.29, 1.82) is 0 Å². The summed E-state index contributed by atoms with van der Waals surface area (Å²) in [4.78, 5) is 2.26. The maximum atomic E-state index is 6.74. The van der Waals surface area contributed by atoms with Crippen LogP contribution in [0.25, 0.3) is 0 Å². The van der Waals surface area contributed by atoms with Crippen LogP contribution in [0.15, 0.2) is 22.8 Å². The van der Waals surface area contributed by atoms with Crippen LogP contribution in [0.4, 0.5) is 0 Å². The molecule has 3 rings (SSSR count). The summed E-state index contributed by atoms with van der Waals surface area (Å²) in [5.41, 5.74) is 6.63. The fourth-order valence-corrected chi connectivity index (χ4v) is 3.97. The number of rotatable bonds is 4. The van der Waals surface area contributed by atoms with E-state index in [0.29, 0.717) is 12.0 Å². The van der Waals surface area contributed by atoms with E-state index in [1.165, 1.54) is 0 Å². The number of hydrogen-bond donors (Lipinski definition) is 1. The lowest BCUT2D eigenvalue weighted by molar-refractivity contribution is -0.162. The molecule has 3 atom stereocenters. The molecule has 2 aliphatic rings. The van der Waals surface area contributed by atoms with Crippen molar-refractivity contribution in [3.63, 3.8) is 0 Å². The van der Waals surface area contributed by atoms with Crippen molar-refractivity contribution >= 4 is 0 Å². The molecular formula is C15H24N2O2. The third kappa shape index (κ3) is 1.85. The average molecular weight is 264 g/mol. The quantitative estimate of drug-likeness (QED) is 0.902. The number of ether oxygens (including phenoxy) is 1. The number of furan rings is 1. The van der Waals surface area contributed by atoms with Crippen molar-refractivity contribution in [2.45, 2.75) is 38.5 Å². The second-order valence-electron chi connectivity index (χ2n) is 6.70. The second kappa shape index (κ2) is 4.33. The van der Waals surface area contributed by atoms with E-state index in [9.17, 15) is 0 Å². The van der Waals surface area contributed by atoms with Gasteiger partial charge in [0.2, 0.25) is 0 Å². The van der Waals surface area contributed by atoms with Crippen molar-refractivity contribution in [3.05, 3.63) is 24.2 Å². The Kier molecular flexibility index (Phi) is 3.00. The van der Waals surface area contributed by atoms with E-state index in [4.69, 9.17) is 14.9 Å². The first-order valence-electron chi connectivity index (χ1n) is 7.06. The van der Waals surface area contributed by atoms with Gasteiger partial charge < -0.3 is 14.9 Å². The highest BCUT2D eigenvalue weighted by molar-refractivity contribution is 5.21. The zero-order chi connectivity index (χ0) is 13.7. The highest BCUT2D eigenvalue weighted by atomic mass is 16.5. The fraction of sp³-hybridized carbons (Fsp3) is 0.733. The summed E-state index contributed by atoms with van der Waals surface area (Å²) in [7, 11) is 2.11. The van der Waals surface area contributed by atoms with Crippen LogP contribution < -0.4 is 5.73 Å². The number of likely N-dealkylation sites (N-methyl/N-ethyl adjacent to an activating group) is 1. The molecule has 2 N–H and O–H groups in total. The molecule has 1 saturated heterocycles. The minimum atomic E-state index is -0.157. The van der Waals surface area contributed by atoms with Crippen LogP contribution >= 0.6 is 0 Å². The van der Waals surface area contributed by atoms with Gasteiger partial charge in [-0.3, -0.25) is 4.90 Å². The summed E-state index contributed by atoms with van der Waals surface area (Å²) in [6, 6.07) is 3.93. The van der Waals surface area contributed by atoms with Crippen molar-refractivity contribution in [2.24, 2.45) is 17.1 Å². The van der Waals surface area contributed by atoms with Gasteiger partial charge in [-0.25, -0.2) is 0 Å². The van der Waals surface area contributed by atoms with Crippen molar-refractivity contribution in [1.82, 2.24) is 4.90 Å². The van der Waals surface area contributed by atoms with Gasteiger partial charge in [0.1, 0.15) is 5.76 Å². The van der Waals surface area contributed by atoms with Crippen molar-refractivity contribution in [2.75, 3.05) is 20.2 Å². The smallest absolute Gasteiger partial charge is 0.117 e. The Bertz CT molecular complexity index is 443. The van der Waals surface area contributed by atoms with E-state index in [0.717, 1.165) is 31.9 Å². The van der Waals surface area contributed by atoms with Gasteiger partial charge in [-0.1, -0.05) is 13.8 Å². The molecule has 4 nitrogen and oxygen atoms in total. The molecule has 1 aromatic heterocycles. The zero-order valence-electron chi connectivity index (χ0n) is 12.1. The Morgan fingerprint density at radius 3 is 2.95 bits per heavy atom. The van der Waals surface area contributed by atoms with Crippen molar-refractivity contribution in [3.8, 4) is 0 Å². The van der Waals surface area contributed by atoms with Crippen LogP contribution in [-0.2, 0) is 11.3 Å². The second-order valence-corrected chi connectivity index (χ2v) is 6.70. The SMILES string of the molecule is CN(Cc1ccco1)CC1(N)C2CCOC2C1(C)C. The van der Waals surface area contributed by atoms with Gasteiger partial charge in [0.05, 0.1) is 18.9 Å². The van der Waals surface area contributed by atoms with E-state index in [-0.39, 0.29) is 11.0 Å². The van der Waals surface area contributed by atoms with Gasteiger partial charge in [0, 0.05) is 30.0 Å². The topological polar surface area (TPSA) is 51.6 Å². The summed E-state index contributed by atoms with van der Waals surface area (Å²) in [5.74, 6) is 1.49. The molecular weight excluding hydrogens is 240 g/mol. The number of hydrogen-bond acceptors (Lipinski definition) is 4. The lowest BCUT2D eigenvalue weighted by atomic mass is 9.48. The largest absolute Gasteiger partial charge is 0.468 e. The molecule has 3 unspecified atom stereocenters. The van der Waals surface area contributed by atoms with E-state index in [1.54, 1.807) is 6.26 Å². The standard InChI is InChI=1S/C15H24N2O2/c1-14(2)13-12(6-8-19-13)15(14,16)10-17(3)9-11-5-4-7-18-11/h4-5,7,12-13H,6,8-10,16H2,1-3H3. The van der Waals surface area contributed by atoms with Crippen LogP contribution in [-0.4, -0.2) is 36.7 Å². The first-order chi connectivity index (χ1) is 8.95. The monoisotopic (exact) mass is 264 g/mol. The van der Waals surface area contributed by atoms with E-state index in [1.807, 2.05) is 12.1 Å². The summed E-state index contributed by atoms with van der Waals surface area (Å²) < 4.78 is 11.2. The molecule has 4 heteroatoms. The highest BCUT2D eigenvalue weighted by Crippen LogP contribution is 2.58. The lowest BCUT2D eigenvalue weighted by Gasteiger charge is -2.63. The summed E-state index contributed by atoms with van der Waals surface area (Å²) in [6.45, 7) is 7.02. The molecule has 0 bridgehead atoms. The van der Waals surface area contributed by atoms with Gasteiger partial charge in [-0.15, -0.1) is 0 Å². The van der Waals surface area contributed by atoms with Gasteiger partial charge in [-0.05, 0) is 25.6 Å². The molecule has 0 radical (unpaired) electrons. The Hall–Kier alpha value is -0.840. The summed E-state index contributed by atoms with van der Waals surface area (Å²) in [5, 5.41) is 0. The Labute approximate surface area is 114 Å². The van der Waals surface area contributed by atoms with E-state index >= 15 is 0 Å². The maximum absolute atomic E-state index is 6.74. The molecule has 0 spiro atoms. The predicted octanol–water partition coefficient (Wildman–Crippen LogP) is 1.85.